The van der Waals surface area contributed by atoms with E-state index < -0.39 is 0 Å². The van der Waals surface area contributed by atoms with Gasteiger partial charge in [-0.05, 0) is 19.1 Å². The highest BCUT2D eigenvalue weighted by Crippen LogP contribution is 2.28. The van der Waals surface area contributed by atoms with Crippen molar-refractivity contribution in [3.63, 3.8) is 0 Å². The number of rotatable bonds is 3. The van der Waals surface area contributed by atoms with Gasteiger partial charge in [0.25, 0.3) is 0 Å². The maximum atomic E-state index is 8.75. The summed E-state index contributed by atoms with van der Waals surface area (Å²) in [5.41, 5.74) is 1.74. The SMILES string of the molecule is CC(Nc1ccc(C#N)cn1)c1nc(C(C)(C)C)cs1. The highest BCUT2D eigenvalue weighted by Gasteiger charge is 2.19. The van der Waals surface area contributed by atoms with Crippen LogP contribution in [0.1, 0.15) is 50.0 Å². The zero-order chi connectivity index (χ0) is 14.8. The van der Waals surface area contributed by atoms with Gasteiger partial charge < -0.3 is 5.32 Å². The molecular weight excluding hydrogens is 268 g/mol. The molecule has 0 aromatic carbocycles. The Morgan fingerprint density at radius 3 is 2.60 bits per heavy atom. The predicted octanol–water partition coefficient (Wildman–Crippen LogP) is 3.88. The third-order valence-electron chi connectivity index (χ3n) is 2.92. The molecule has 0 bridgehead atoms. The van der Waals surface area contributed by atoms with E-state index in [0.29, 0.717) is 5.56 Å². The zero-order valence-electron chi connectivity index (χ0n) is 12.1. The molecule has 1 atom stereocenters. The standard InChI is InChI=1S/C15H18N4S/c1-10(14-19-12(9-20-14)15(2,3)4)18-13-6-5-11(7-16)8-17-13/h5-6,8-10H,1-4H3,(H,17,18). The lowest BCUT2D eigenvalue weighted by molar-refractivity contribution is 0.569. The third kappa shape index (κ3) is 3.34. The molecule has 2 aromatic heterocycles. The first-order valence-electron chi connectivity index (χ1n) is 6.49. The van der Waals surface area contributed by atoms with Crippen molar-refractivity contribution >= 4 is 17.2 Å². The van der Waals surface area contributed by atoms with Crippen LogP contribution in [0, 0.1) is 11.3 Å². The molecule has 2 heterocycles. The van der Waals surface area contributed by atoms with Gasteiger partial charge in [-0.3, -0.25) is 0 Å². The minimum Gasteiger partial charge on any atom is -0.361 e. The van der Waals surface area contributed by atoms with Crippen LogP contribution < -0.4 is 5.32 Å². The Morgan fingerprint density at radius 2 is 2.10 bits per heavy atom. The van der Waals surface area contributed by atoms with Gasteiger partial charge in [0.2, 0.25) is 0 Å². The summed E-state index contributed by atoms with van der Waals surface area (Å²) in [5.74, 6) is 0.754. The van der Waals surface area contributed by atoms with Crippen molar-refractivity contribution in [1.82, 2.24) is 9.97 Å². The molecule has 0 spiro atoms. The maximum absolute atomic E-state index is 8.75. The van der Waals surface area contributed by atoms with E-state index in [2.05, 4.69) is 54.4 Å². The van der Waals surface area contributed by atoms with Crippen LogP contribution in [-0.2, 0) is 5.41 Å². The summed E-state index contributed by atoms with van der Waals surface area (Å²) in [7, 11) is 0. The number of hydrogen-bond acceptors (Lipinski definition) is 5. The van der Waals surface area contributed by atoms with Crippen LogP contribution >= 0.6 is 11.3 Å². The van der Waals surface area contributed by atoms with Gasteiger partial charge in [0.15, 0.2) is 0 Å². The highest BCUT2D eigenvalue weighted by atomic mass is 32.1. The number of nitrogens with one attached hydrogen (secondary N) is 1. The van der Waals surface area contributed by atoms with Crippen molar-refractivity contribution < 1.29 is 0 Å². The van der Waals surface area contributed by atoms with Gasteiger partial charge in [-0.2, -0.15) is 5.26 Å². The Bertz CT molecular complexity index is 617. The smallest absolute Gasteiger partial charge is 0.126 e. The number of nitrogens with zero attached hydrogens (tertiary/aromatic N) is 3. The first kappa shape index (κ1) is 14.5. The summed E-state index contributed by atoms with van der Waals surface area (Å²) in [6.07, 6.45) is 1.57. The molecule has 0 aliphatic rings. The maximum Gasteiger partial charge on any atom is 0.126 e. The topological polar surface area (TPSA) is 61.6 Å². The van der Waals surface area contributed by atoms with Gasteiger partial charge in [0.05, 0.1) is 17.3 Å². The van der Waals surface area contributed by atoms with E-state index in [0.717, 1.165) is 16.5 Å². The van der Waals surface area contributed by atoms with Gasteiger partial charge in [-0.15, -0.1) is 11.3 Å². The normalized spacial score (nSPS) is 12.8. The lowest BCUT2D eigenvalue weighted by Gasteiger charge is -2.15. The average molecular weight is 286 g/mol. The van der Waals surface area contributed by atoms with Crippen LogP contribution in [0.5, 0.6) is 0 Å². The Labute approximate surface area is 123 Å². The van der Waals surface area contributed by atoms with Crippen molar-refractivity contribution in [3.8, 4) is 6.07 Å². The molecule has 1 unspecified atom stereocenters. The molecule has 0 radical (unpaired) electrons. The summed E-state index contributed by atoms with van der Waals surface area (Å²) in [6.45, 7) is 8.54. The zero-order valence-corrected chi connectivity index (χ0v) is 13.0. The van der Waals surface area contributed by atoms with Crippen LogP contribution in [-0.4, -0.2) is 9.97 Å². The quantitative estimate of drug-likeness (QED) is 0.930. The van der Waals surface area contributed by atoms with Crippen LogP contribution in [0.3, 0.4) is 0 Å². The minimum atomic E-state index is 0.0706. The summed E-state index contributed by atoms with van der Waals surface area (Å²) < 4.78 is 0. The van der Waals surface area contributed by atoms with Crippen LogP contribution in [0.2, 0.25) is 0 Å². The largest absolute Gasteiger partial charge is 0.361 e. The molecule has 0 aliphatic heterocycles. The minimum absolute atomic E-state index is 0.0706. The van der Waals surface area contributed by atoms with Crippen molar-refractivity contribution in [1.29, 1.82) is 5.26 Å². The van der Waals surface area contributed by atoms with Gasteiger partial charge >= 0.3 is 0 Å². The van der Waals surface area contributed by atoms with Crippen molar-refractivity contribution in [2.75, 3.05) is 5.32 Å². The number of thiazole rings is 1. The molecular formula is C15H18N4S. The molecule has 0 saturated carbocycles. The van der Waals surface area contributed by atoms with Gasteiger partial charge in [0.1, 0.15) is 16.9 Å². The average Bonchev–Trinajstić information content (AvgIpc) is 2.89. The summed E-state index contributed by atoms with van der Waals surface area (Å²) in [4.78, 5) is 8.90. The highest BCUT2D eigenvalue weighted by molar-refractivity contribution is 7.09. The second kappa shape index (κ2) is 5.59. The Morgan fingerprint density at radius 1 is 1.35 bits per heavy atom. The number of pyridine rings is 1. The fourth-order valence-corrected chi connectivity index (χ4v) is 2.71. The molecule has 1 N–H and O–H groups in total. The summed E-state index contributed by atoms with van der Waals surface area (Å²) in [5, 5.41) is 15.2. The molecule has 0 aliphatic carbocycles. The van der Waals surface area contributed by atoms with Crippen molar-refractivity contribution in [2.45, 2.75) is 39.2 Å². The Kier molecular flexibility index (Phi) is 4.05. The second-order valence-electron chi connectivity index (χ2n) is 5.73. The van der Waals surface area contributed by atoms with Crippen molar-refractivity contribution in [3.05, 3.63) is 40.0 Å². The monoisotopic (exact) mass is 286 g/mol. The second-order valence-corrected chi connectivity index (χ2v) is 6.62. The molecule has 20 heavy (non-hydrogen) atoms. The fraction of sp³-hybridized carbons (Fsp3) is 0.400. The van der Waals surface area contributed by atoms with E-state index in [1.54, 1.807) is 23.6 Å². The van der Waals surface area contributed by atoms with Crippen LogP contribution in [0.4, 0.5) is 5.82 Å². The summed E-state index contributed by atoms with van der Waals surface area (Å²) >= 11 is 1.66. The molecule has 0 amide bonds. The first-order chi connectivity index (χ1) is 9.40. The molecule has 104 valence electrons. The number of hydrogen-bond donors (Lipinski definition) is 1. The van der Waals surface area contributed by atoms with E-state index in [4.69, 9.17) is 5.26 Å². The lowest BCUT2D eigenvalue weighted by atomic mass is 9.93. The van der Waals surface area contributed by atoms with E-state index in [1.165, 1.54) is 0 Å². The lowest BCUT2D eigenvalue weighted by Crippen LogP contribution is -2.13. The van der Waals surface area contributed by atoms with Crippen LogP contribution in [0.25, 0.3) is 0 Å². The number of anilines is 1. The van der Waals surface area contributed by atoms with E-state index in [-0.39, 0.29) is 11.5 Å². The molecule has 2 aromatic rings. The number of aromatic nitrogens is 2. The van der Waals surface area contributed by atoms with E-state index in [9.17, 15) is 0 Å². The molecule has 0 saturated heterocycles. The fourth-order valence-electron chi connectivity index (χ4n) is 1.66. The first-order valence-corrected chi connectivity index (χ1v) is 7.36. The number of nitriles is 1. The Hall–Kier alpha value is -1.93. The van der Waals surface area contributed by atoms with E-state index in [1.807, 2.05) is 6.07 Å². The van der Waals surface area contributed by atoms with Gasteiger partial charge in [-0.1, -0.05) is 20.8 Å². The third-order valence-corrected chi connectivity index (χ3v) is 3.95. The molecule has 2 rings (SSSR count). The van der Waals surface area contributed by atoms with Gasteiger partial charge in [0, 0.05) is 17.0 Å². The Balaban J connectivity index is 2.09. The summed E-state index contributed by atoms with van der Waals surface area (Å²) in [6, 6.07) is 5.72. The molecule has 4 nitrogen and oxygen atoms in total. The van der Waals surface area contributed by atoms with Crippen LogP contribution in [0.15, 0.2) is 23.7 Å². The van der Waals surface area contributed by atoms with Crippen molar-refractivity contribution in [2.24, 2.45) is 0 Å². The molecule has 5 heteroatoms. The molecule has 0 fully saturated rings. The van der Waals surface area contributed by atoms with E-state index >= 15 is 0 Å². The van der Waals surface area contributed by atoms with Gasteiger partial charge in [-0.25, -0.2) is 9.97 Å². The predicted molar refractivity (Wildman–Crippen MR) is 81.8 cm³/mol.